The molecule has 2 aliphatic rings. The Balaban J connectivity index is 1.61. The monoisotopic (exact) mass is 334 g/mol. The fourth-order valence-electron chi connectivity index (χ4n) is 4.77. The van der Waals surface area contributed by atoms with Crippen LogP contribution >= 0.6 is 0 Å². The van der Waals surface area contributed by atoms with Crippen molar-refractivity contribution in [3.05, 3.63) is 12.7 Å². The van der Waals surface area contributed by atoms with Gasteiger partial charge in [0.05, 0.1) is 0 Å². The van der Waals surface area contributed by atoms with Crippen LogP contribution in [-0.4, -0.2) is 12.1 Å². The zero-order valence-electron chi connectivity index (χ0n) is 15.8. The summed E-state index contributed by atoms with van der Waals surface area (Å²) in [5.74, 6) is 2.82. The summed E-state index contributed by atoms with van der Waals surface area (Å²) in [6, 6.07) is 0. The van der Waals surface area contributed by atoms with E-state index in [2.05, 4.69) is 13.5 Å². The third-order valence-corrected chi connectivity index (χ3v) is 6.34. The number of hydrogen-bond donors (Lipinski definition) is 0. The van der Waals surface area contributed by atoms with Crippen molar-refractivity contribution in [1.29, 1.82) is 0 Å². The first-order chi connectivity index (χ1) is 11.7. The van der Waals surface area contributed by atoms with E-state index in [0.717, 1.165) is 37.0 Å². The molecule has 0 bridgehead atoms. The highest BCUT2D eigenvalue weighted by molar-refractivity contribution is 5.69. The van der Waals surface area contributed by atoms with Crippen molar-refractivity contribution in [3.63, 3.8) is 0 Å². The molecule has 0 N–H and O–H groups in total. The van der Waals surface area contributed by atoms with Crippen LogP contribution in [0, 0.1) is 17.8 Å². The lowest BCUT2D eigenvalue weighted by Crippen LogP contribution is -2.29. The summed E-state index contributed by atoms with van der Waals surface area (Å²) >= 11 is 0. The van der Waals surface area contributed by atoms with Crippen LogP contribution in [0.1, 0.15) is 96.8 Å². The minimum Gasteiger partial charge on any atom is -0.462 e. The molecule has 2 heteroatoms. The summed E-state index contributed by atoms with van der Waals surface area (Å²) in [7, 11) is 0. The van der Waals surface area contributed by atoms with Crippen LogP contribution in [0.15, 0.2) is 12.7 Å². The average molecular weight is 335 g/mol. The molecule has 0 atom stereocenters. The van der Waals surface area contributed by atoms with E-state index in [0.29, 0.717) is 6.42 Å². The van der Waals surface area contributed by atoms with Crippen LogP contribution in [-0.2, 0) is 9.53 Å². The minimum atomic E-state index is -0.0362. The predicted octanol–water partition coefficient (Wildman–Crippen LogP) is 6.44. The van der Waals surface area contributed by atoms with Gasteiger partial charge in [0.2, 0.25) is 0 Å². The maximum atomic E-state index is 11.7. The molecule has 0 unspecified atom stereocenters. The Bertz CT molecular complexity index is 360. The normalized spacial score (nSPS) is 30.7. The zero-order chi connectivity index (χ0) is 17.2. The number of hydrogen-bond acceptors (Lipinski definition) is 2. The van der Waals surface area contributed by atoms with E-state index < -0.39 is 0 Å². The predicted molar refractivity (Wildman–Crippen MR) is 101 cm³/mol. The van der Waals surface area contributed by atoms with Crippen LogP contribution in [0.25, 0.3) is 0 Å². The summed E-state index contributed by atoms with van der Waals surface area (Å²) in [5, 5.41) is 0. The molecule has 0 heterocycles. The summed E-state index contributed by atoms with van der Waals surface area (Å²) in [6.45, 7) is 5.95. The Kier molecular flexibility index (Phi) is 8.91. The maximum absolute atomic E-state index is 11.7. The first-order valence-electron chi connectivity index (χ1n) is 10.5. The van der Waals surface area contributed by atoms with Crippen LogP contribution < -0.4 is 0 Å². The highest BCUT2D eigenvalue weighted by Gasteiger charge is 2.31. The van der Waals surface area contributed by atoms with Gasteiger partial charge in [-0.2, -0.15) is 0 Å². The van der Waals surface area contributed by atoms with Crippen molar-refractivity contribution in [3.8, 4) is 0 Å². The van der Waals surface area contributed by atoms with Gasteiger partial charge < -0.3 is 4.74 Å². The van der Waals surface area contributed by atoms with E-state index in [4.69, 9.17) is 4.74 Å². The van der Waals surface area contributed by atoms with Gasteiger partial charge in [-0.15, -0.1) is 6.58 Å². The second-order valence-electron chi connectivity index (χ2n) is 8.13. The topological polar surface area (TPSA) is 26.3 Å². The highest BCUT2D eigenvalue weighted by atomic mass is 16.5. The van der Waals surface area contributed by atoms with Gasteiger partial charge >= 0.3 is 5.97 Å². The number of carbonyl (C=O) groups excluding carboxylic acids is 1. The van der Waals surface area contributed by atoms with Crippen LogP contribution in [0.4, 0.5) is 0 Å². The van der Waals surface area contributed by atoms with Gasteiger partial charge in [0.15, 0.2) is 0 Å². The Morgan fingerprint density at radius 1 is 1.00 bits per heavy atom. The molecule has 0 aromatic carbocycles. The molecular formula is C22H38O2. The molecule has 0 radical (unpaired) electrons. The molecule has 2 fully saturated rings. The Hall–Kier alpha value is -0.790. The lowest BCUT2D eigenvalue weighted by Gasteiger charge is -2.37. The van der Waals surface area contributed by atoms with Gasteiger partial charge in [-0.1, -0.05) is 51.5 Å². The molecule has 2 aliphatic carbocycles. The molecule has 138 valence electrons. The van der Waals surface area contributed by atoms with Crippen molar-refractivity contribution in [2.24, 2.45) is 17.8 Å². The molecule has 24 heavy (non-hydrogen) atoms. The Labute approximate surface area is 149 Å². The van der Waals surface area contributed by atoms with Gasteiger partial charge in [-0.25, -0.2) is 0 Å². The van der Waals surface area contributed by atoms with Crippen LogP contribution in [0.3, 0.4) is 0 Å². The lowest BCUT2D eigenvalue weighted by atomic mass is 9.70. The summed E-state index contributed by atoms with van der Waals surface area (Å²) in [6.07, 6.45) is 19.4. The SMILES string of the molecule is C=CCCC(=O)OC1CCC(C2CCC(CCCCC)CC2)CC1. The van der Waals surface area contributed by atoms with Gasteiger partial charge in [0, 0.05) is 6.42 Å². The maximum Gasteiger partial charge on any atom is 0.306 e. The van der Waals surface area contributed by atoms with Gasteiger partial charge in [0.25, 0.3) is 0 Å². The molecule has 0 saturated heterocycles. The molecule has 0 aromatic heterocycles. The first-order valence-corrected chi connectivity index (χ1v) is 10.5. The third-order valence-electron chi connectivity index (χ3n) is 6.34. The number of esters is 1. The Morgan fingerprint density at radius 2 is 1.62 bits per heavy atom. The van der Waals surface area contributed by atoms with Crippen molar-refractivity contribution >= 4 is 5.97 Å². The van der Waals surface area contributed by atoms with Crippen molar-refractivity contribution in [2.75, 3.05) is 0 Å². The quantitative estimate of drug-likeness (QED) is 0.275. The van der Waals surface area contributed by atoms with E-state index in [9.17, 15) is 4.79 Å². The van der Waals surface area contributed by atoms with Crippen molar-refractivity contribution in [2.45, 2.75) is 103 Å². The second-order valence-corrected chi connectivity index (χ2v) is 8.13. The first kappa shape index (κ1) is 19.5. The molecule has 2 saturated carbocycles. The third kappa shape index (κ3) is 6.61. The highest BCUT2D eigenvalue weighted by Crippen LogP contribution is 2.41. The number of rotatable bonds is 9. The number of carbonyl (C=O) groups is 1. The molecular weight excluding hydrogens is 296 g/mol. The minimum absolute atomic E-state index is 0.0362. The number of allylic oxidation sites excluding steroid dienone is 1. The average Bonchev–Trinajstić information content (AvgIpc) is 2.61. The van der Waals surface area contributed by atoms with E-state index in [1.165, 1.54) is 64.2 Å². The standard InChI is InChI=1S/C22H38O2/c1-3-5-7-8-18-10-12-19(13-11-18)20-14-16-21(17-15-20)24-22(23)9-6-4-2/h4,18-21H,2-3,5-17H2,1H3. The largest absolute Gasteiger partial charge is 0.462 e. The molecule has 0 aromatic rings. The van der Waals surface area contributed by atoms with Gasteiger partial charge in [-0.3, -0.25) is 4.79 Å². The zero-order valence-corrected chi connectivity index (χ0v) is 15.8. The molecule has 2 nitrogen and oxygen atoms in total. The summed E-state index contributed by atoms with van der Waals surface area (Å²) in [4.78, 5) is 11.7. The second kappa shape index (κ2) is 10.9. The summed E-state index contributed by atoms with van der Waals surface area (Å²) < 4.78 is 5.61. The molecule has 0 amide bonds. The van der Waals surface area contributed by atoms with Crippen LogP contribution in [0.5, 0.6) is 0 Å². The number of unbranched alkanes of at least 4 members (excludes halogenated alkanes) is 2. The Morgan fingerprint density at radius 3 is 2.21 bits per heavy atom. The van der Waals surface area contributed by atoms with E-state index in [-0.39, 0.29) is 12.1 Å². The molecule has 0 aliphatic heterocycles. The number of ether oxygens (including phenoxy) is 1. The summed E-state index contributed by atoms with van der Waals surface area (Å²) in [5.41, 5.74) is 0. The fraction of sp³-hybridized carbons (Fsp3) is 0.864. The molecule has 0 spiro atoms. The van der Waals surface area contributed by atoms with Crippen LogP contribution in [0.2, 0.25) is 0 Å². The van der Waals surface area contributed by atoms with Crippen molar-refractivity contribution < 1.29 is 9.53 Å². The van der Waals surface area contributed by atoms with Crippen molar-refractivity contribution in [1.82, 2.24) is 0 Å². The van der Waals surface area contributed by atoms with Gasteiger partial charge in [-0.05, 0) is 62.7 Å². The smallest absolute Gasteiger partial charge is 0.306 e. The van der Waals surface area contributed by atoms with E-state index in [1.54, 1.807) is 6.08 Å². The van der Waals surface area contributed by atoms with E-state index in [1.807, 2.05) is 0 Å². The van der Waals surface area contributed by atoms with Gasteiger partial charge in [0.1, 0.15) is 6.10 Å². The fourth-order valence-corrected chi connectivity index (χ4v) is 4.77. The molecule has 2 rings (SSSR count). The van der Waals surface area contributed by atoms with E-state index >= 15 is 0 Å². The lowest BCUT2D eigenvalue weighted by molar-refractivity contribution is -0.151.